The van der Waals surface area contributed by atoms with Gasteiger partial charge in [0.15, 0.2) is 0 Å². The summed E-state index contributed by atoms with van der Waals surface area (Å²) in [7, 11) is 1.54. The summed E-state index contributed by atoms with van der Waals surface area (Å²) in [4.78, 5) is 26.1. The lowest BCUT2D eigenvalue weighted by Gasteiger charge is -2.16. The van der Waals surface area contributed by atoms with Gasteiger partial charge in [-0.05, 0) is 29.8 Å². The standard InChI is InChI=1S/C20H17Cl3N4O2/c1-26(12-19(28)25-15-6-7-17(22)18(23)8-15)20(29)14-9-24-27(11-14)10-13-4-2-3-5-16(13)21/h2-9,11H,10,12H2,1H3,(H,25,28). The third-order valence-electron chi connectivity index (χ3n) is 4.10. The fraction of sp³-hybridized carbons (Fsp3) is 0.150. The molecular weight excluding hydrogens is 435 g/mol. The van der Waals surface area contributed by atoms with Crippen LogP contribution in [0, 0.1) is 0 Å². The van der Waals surface area contributed by atoms with Crippen molar-refractivity contribution in [2.45, 2.75) is 6.54 Å². The van der Waals surface area contributed by atoms with Crippen molar-refractivity contribution >= 4 is 52.3 Å². The van der Waals surface area contributed by atoms with Gasteiger partial charge in [0.05, 0.1) is 34.9 Å². The van der Waals surface area contributed by atoms with Gasteiger partial charge < -0.3 is 10.2 Å². The van der Waals surface area contributed by atoms with Crippen molar-refractivity contribution in [2.24, 2.45) is 0 Å². The van der Waals surface area contributed by atoms with Crippen LogP contribution in [0.25, 0.3) is 0 Å². The molecule has 9 heteroatoms. The smallest absolute Gasteiger partial charge is 0.257 e. The number of nitrogens with one attached hydrogen (secondary N) is 1. The van der Waals surface area contributed by atoms with E-state index >= 15 is 0 Å². The van der Waals surface area contributed by atoms with Crippen LogP contribution in [0.1, 0.15) is 15.9 Å². The van der Waals surface area contributed by atoms with Crippen LogP contribution in [-0.4, -0.2) is 40.1 Å². The maximum atomic E-state index is 12.6. The zero-order valence-electron chi connectivity index (χ0n) is 15.4. The monoisotopic (exact) mass is 450 g/mol. The molecule has 2 aromatic carbocycles. The summed E-state index contributed by atoms with van der Waals surface area (Å²) in [6.45, 7) is 0.309. The minimum absolute atomic E-state index is 0.130. The Morgan fingerprint density at radius 2 is 1.83 bits per heavy atom. The summed E-state index contributed by atoms with van der Waals surface area (Å²) in [5.41, 5.74) is 1.77. The highest BCUT2D eigenvalue weighted by atomic mass is 35.5. The van der Waals surface area contributed by atoms with Gasteiger partial charge in [0.2, 0.25) is 5.91 Å². The summed E-state index contributed by atoms with van der Waals surface area (Å²) in [6.07, 6.45) is 3.09. The molecular formula is C20H17Cl3N4O2. The number of hydrogen-bond donors (Lipinski definition) is 1. The van der Waals surface area contributed by atoms with Gasteiger partial charge >= 0.3 is 0 Å². The van der Waals surface area contributed by atoms with Gasteiger partial charge in [-0.15, -0.1) is 0 Å². The van der Waals surface area contributed by atoms with E-state index in [0.717, 1.165) is 5.56 Å². The molecule has 3 rings (SSSR count). The number of rotatable bonds is 6. The zero-order chi connectivity index (χ0) is 21.0. The Bertz CT molecular complexity index is 1050. The van der Waals surface area contributed by atoms with Crippen molar-refractivity contribution in [3.63, 3.8) is 0 Å². The topological polar surface area (TPSA) is 67.2 Å². The van der Waals surface area contributed by atoms with Crippen molar-refractivity contribution in [1.29, 1.82) is 0 Å². The molecule has 1 aromatic heterocycles. The maximum absolute atomic E-state index is 12.6. The summed E-state index contributed by atoms with van der Waals surface area (Å²) in [5, 5.41) is 8.24. The number of nitrogens with zero attached hydrogens (tertiary/aromatic N) is 3. The molecule has 0 aliphatic heterocycles. The van der Waals surface area contributed by atoms with E-state index in [0.29, 0.717) is 32.9 Å². The van der Waals surface area contributed by atoms with Gasteiger partial charge in [-0.3, -0.25) is 14.3 Å². The first-order valence-electron chi connectivity index (χ1n) is 8.59. The third-order valence-corrected chi connectivity index (χ3v) is 5.21. The van der Waals surface area contributed by atoms with Crippen molar-refractivity contribution in [2.75, 3.05) is 18.9 Å². The Kier molecular flexibility index (Phi) is 6.79. The molecule has 3 aromatic rings. The first-order chi connectivity index (χ1) is 13.8. The maximum Gasteiger partial charge on any atom is 0.257 e. The van der Waals surface area contributed by atoms with Crippen LogP contribution in [0.3, 0.4) is 0 Å². The molecule has 0 saturated heterocycles. The Hall–Kier alpha value is -2.54. The van der Waals surface area contributed by atoms with Crippen molar-refractivity contribution in [3.05, 3.63) is 81.1 Å². The summed E-state index contributed by atoms with van der Waals surface area (Å²) >= 11 is 18.0. The number of anilines is 1. The van der Waals surface area contributed by atoms with Gasteiger partial charge in [0.1, 0.15) is 0 Å². The Balaban J connectivity index is 1.59. The summed E-state index contributed by atoms with van der Waals surface area (Å²) in [5.74, 6) is -0.678. The van der Waals surface area contributed by atoms with Crippen molar-refractivity contribution in [1.82, 2.24) is 14.7 Å². The van der Waals surface area contributed by atoms with E-state index < -0.39 is 0 Å². The molecule has 0 aliphatic rings. The van der Waals surface area contributed by atoms with Gasteiger partial charge in [0, 0.05) is 24.0 Å². The highest BCUT2D eigenvalue weighted by Crippen LogP contribution is 2.25. The molecule has 0 atom stereocenters. The van der Waals surface area contributed by atoms with Crippen LogP contribution < -0.4 is 5.32 Å². The van der Waals surface area contributed by atoms with E-state index in [1.807, 2.05) is 18.2 Å². The molecule has 29 heavy (non-hydrogen) atoms. The van der Waals surface area contributed by atoms with Crippen LogP contribution in [0.15, 0.2) is 54.9 Å². The number of aromatic nitrogens is 2. The summed E-state index contributed by atoms with van der Waals surface area (Å²) < 4.78 is 1.62. The second-order valence-corrected chi connectivity index (χ2v) is 7.58. The number of halogens is 3. The average Bonchev–Trinajstić information content (AvgIpc) is 3.14. The van der Waals surface area contributed by atoms with E-state index in [9.17, 15) is 9.59 Å². The minimum atomic E-state index is -0.359. The van der Waals surface area contributed by atoms with E-state index in [-0.39, 0.29) is 18.4 Å². The zero-order valence-corrected chi connectivity index (χ0v) is 17.7. The van der Waals surface area contributed by atoms with Crippen LogP contribution in [0.5, 0.6) is 0 Å². The predicted octanol–water partition coefficient (Wildman–Crippen LogP) is 4.60. The number of benzene rings is 2. The van der Waals surface area contributed by atoms with Gasteiger partial charge in [-0.2, -0.15) is 5.10 Å². The Morgan fingerprint density at radius 1 is 1.07 bits per heavy atom. The van der Waals surface area contributed by atoms with E-state index in [2.05, 4.69) is 10.4 Å². The highest BCUT2D eigenvalue weighted by molar-refractivity contribution is 6.42. The second-order valence-electron chi connectivity index (χ2n) is 6.36. The lowest BCUT2D eigenvalue weighted by atomic mass is 10.2. The van der Waals surface area contributed by atoms with E-state index in [1.54, 1.807) is 42.2 Å². The van der Waals surface area contributed by atoms with Crippen LogP contribution in [0.4, 0.5) is 5.69 Å². The van der Waals surface area contributed by atoms with Crippen molar-refractivity contribution < 1.29 is 9.59 Å². The molecule has 2 amide bonds. The van der Waals surface area contributed by atoms with Crippen LogP contribution >= 0.6 is 34.8 Å². The lowest BCUT2D eigenvalue weighted by molar-refractivity contribution is -0.116. The van der Waals surface area contributed by atoms with Gasteiger partial charge in [0.25, 0.3) is 5.91 Å². The number of likely N-dealkylation sites (N-methyl/N-ethyl adjacent to an activating group) is 1. The average molecular weight is 452 g/mol. The first-order valence-corrected chi connectivity index (χ1v) is 9.73. The minimum Gasteiger partial charge on any atom is -0.332 e. The molecule has 0 aliphatic carbocycles. The molecule has 0 radical (unpaired) electrons. The summed E-state index contributed by atoms with van der Waals surface area (Å²) in [6, 6.07) is 12.2. The quantitative estimate of drug-likeness (QED) is 0.595. The first kappa shape index (κ1) is 21.2. The van der Waals surface area contributed by atoms with E-state index in [1.165, 1.54) is 11.1 Å². The largest absolute Gasteiger partial charge is 0.332 e. The second kappa shape index (κ2) is 9.31. The number of amides is 2. The molecule has 0 fully saturated rings. The fourth-order valence-corrected chi connectivity index (χ4v) is 3.14. The molecule has 0 bridgehead atoms. The predicted molar refractivity (Wildman–Crippen MR) is 115 cm³/mol. The molecule has 0 unspecified atom stereocenters. The Morgan fingerprint density at radius 3 is 2.55 bits per heavy atom. The van der Waals surface area contributed by atoms with Crippen molar-refractivity contribution in [3.8, 4) is 0 Å². The molecule has 6 nitrogen and oxygen atoms in total. The van der Waals surface area contributed by atoms with E-state index in [4.69, 9.17) is 34.8 Å². The van der Waals surface area contributed by atoms with Gasteiger partial charge in [-0.1, -0.05) is 53.0 Å². The fourth-order valence-electron chi connectivity index (χ4n) is 2.64. The number of hydrogen-bond acceptors (Lipinski definition) is 3. The normalized spacial score (nSPS) is 10.6. The number of carbonyl (C=O) groups is 2. The lowest BCUT2D eigenvalue weighted by Crippen LogP contribution is -2.34. The van der Waals surface area contributed by atoms with Crippen LogP contribution in [0.2, 0.25) is 15.1 Å². The molecule has 0 saturated carbocycles. The van der Waals surface area contributed by atoms with Gasteiger partial charge in [-0.25, -0.2) is 0 Å². The van der Waals surface area contributed by atoms with Crippen LogP contribution in [-0.2, 0) is 11.3 Å². The third kappa shape index (κ3) is 5.50. The molecule has 1 heterocycles. The highest BCUT2D eigenvalue weighted by Gasteiger charge is 2.17. The molecule has 150 valence electrons. The Labute approximate surface area is 183 Å². The number of carbonyl (C=O) groups excluding carboxylic acids is 2. The molecule has 1 N–H and O–H groups in total. The molecule has 0 spiro atoms. The SMILES string of the molecule is CN(CC(=O)Nc1ccc(Cl)c(Cl)c1)C(=O)c1cnn(Cc2ccccc2Cl)c1.